The molecule has 0 aromatic rings. The third-order valence-electron chi connectivity index (χ3n) is 4.78. The Labute approximate surface area is 102 Å². The van der Waals surface area contributed by atoms with Crippen LogP contribution in [0.5, 0.6) is 0 Å². The molecule has 2 fully saturated rings. The number of hydrogen-bond acceptors (Lipinski definition) is 2. The summed E-state index contributed by atoms with van der Waals surface area (Å²) >= 11 is 0. The lowest BCUT2D eigenvalue weighted by atomic mass is 9.74. The van der Waals surface area contributed by atoms with Crippen LogP contribution in [0.3, 0.4) is 0 Å². The van der Waals surface area contributed by atoms with Gasteiger partial charge in [-0.2, -0.15) is 0 Å². The summed E-state index contributed by atoms with van der Waals surface area (Å²) in [5, 5.41) is 10.7. The number of nitrogens with two attached hydrogens (primary N) is 1. The van der Waals surface area contributed by atoms with Crippen molar-refractivity contribution < 1.29 is 13.9 Å². The van der Waals surface area contributed by atoms with Gasteiger partial charge in [-0.05, 0) is 31.6 Å². The zero-order valence-electron chi connectivity index (χ0n) is 10.5. The van der Waals surface area contributed by atoms with Gasteiger partial charge in [-0.25, -0.2) is 8.78 Å². The highest BCUT2D eigenvalue weighted by molar-refractivity contribution is 5.10. The van der Waals surface area contributed by atoms with E-state index in [9.17, 15) is 13.9 Å². The summed E-state index contributed by atoms with van der Waals surface area (Å²) in [5.41, 5.74) is 3.96. The van der Waals surface area contributed by atoms with Crippen LogP contribution in [-0.2, 0) is 0 Å². The zero-order valence-corrected chi connectivity index (χ0v) is 10.5. The van der Waals surface area contributed by atoms with E-state index in [2.05, 4.69) is 6.92 Å². The van der Waals surface area contributed by atoms with Gasteiger partial charge in [0.15, 0.2) is 0 Å². The summed E-state index contributed by atoms with van der Waals surface area (Å²) in [4.78, 5) is 0. The molecule has 0 aromatic carbocycles. The molecule has 2 saturated carbocycles. The largest absolute Gasteiger partial charge is 0.388 e. The Morgan fingerprint density at radius 2 is 1.82 bits per heavy atom. The first kappa shape index (κ1) is 13.2. The first-order valence-corrected chi connectivity index (χ1v) is 6.66. The topological polar surface area (TPSA) is 46.2 Å². The standard InChI is InChI=1S/C13H23F2NO/c1-10-3-2-5-12(17,6-4-10)11(16)7-8-13(14,15)9-11/h10,17H,2-9,16H2,1H3. The molecule has 0 spiro atoms. The Kier molecular flexibility index (Phi) is 3.24. The Bertz CT molecular complexity index is 297. The van der Waals surface area contributed by atoms with Crippen molar-refractivity contribution in [1.82, 2.24) is 0 Å². The molecule has 3 unspecified atom stereocenters. The van der Waals surface area contributed by atoms with Crippen molar-refractivity contribution >= 4 is 0 Å². The molecule has 0 aliphatic heterocycles. The highest BCUT2D eigenvalue weighted by atomic mass is 19.3. The maximum atomic E-state index is 13.4. The van der Waals surface area contributed by atoms with Crippen LogP contribution < -0.4 is 5.73 Å². The van der Waals surface area contributed by atoms with Gasteiger partial charge in [0.2, 0.25) is 5.92 Å². The summed E-state index contributed by atoms with van der Waals surface area (Å²) in [6.45, 7) is 2.15. The van der Waals surface area contributed by atoms with Crippen LogP contribution in [0.25, 0.3) is 0 Å². The third kappa shape index (κ3) is 2.48. The number of aliphatic hydroxyl groups is 1. The highest BCUT2D eigenvalue weighted by Crippen LogP contribution is 2.49. The lowest BCUT2D eigenvalue weighted by molar-refractivity contribution is -0.0679. The van der Waals surface area contributed by atoms with E-state index >= 15 is 0 Å². The molecular formula is C13H23F2NO. The van der Waals surface area contributed by atoms with Crippen molar-refractivity contribution in [2.45, 2.75) is 75.4 Å². The van der Waals surface area contributed by atoms with Gasteiger partial charge in [0.25, 0.3) is 0 Å². The molecule has 3 N–H and O–H groups in total. The van der Waals surface area contributed by atoms with E-state index in [0.29, 0.717) is 18.8 Å². The van der Waals surface area contributed by atoms with Crippen LogP contribution >= 0.6 is 0 Å². The Morgan fingerprint density at radius 3 is 2.41 bits per heavy atom. The van der Waals surface area contributed by atoms with E-state index < -0.39 is 17.1 Å². The van der Waals surface area contributed by atoms with Gasteiger partial charge >= 0.3 is 0 Å². The lowest BCUT2D eigenvalue weighted by Gasteiger charge is -2.42. The van der Waals surface area contributed by atoms with E-state index in [-0.39, 0.29) is 19.3 Å². The molecule has 2 aliphatic rings. The third-order valence-corrected chi connectivity index (χ3v) is 4.78. The minimum atomic E-state index is -2.69. The molecule has 0 saturated heterocycles. The van der Waals surface area contributed by atoms with E-state index in [1.54, 1.807) is 0 Å². The van der Waals surface area contributed by atoms with Crippen LogP contribution in [0.2, 0.25) is 0 Å². The van der Waals surface area contributed by atoms with E-state index in [4.69, 9.17) is 5.73 Å². The number of alkyl halides is 2. The molecule has 100 valence electrons. The first-order chi connectivity index (χ1) is 7.77. The zero-order chi connectivity index (χ0) is 12.7. The molecule has 3 atom stereocenters. The highest BCUT2D eigenvalue weighted by Gasteiger charge is 2.57. The van der Waals surface area contributed by atoms with Crippen molar-refractivity contribution in [3.05, 3.63) is 0 Å². The summed E-state index contributed by atoms with van der Waals surface area (Å²) in [6, 6.07) is 0. The molecule has 0 amide bonds. The van der Waals surface area contributed by atoms with E-state index in [0.717, 1.165) is 19.3 Å². The second-order valence-corrected chi connectivity index (χ2v) is 6.26. The molecule has 2 nitrogen and oxygen atoms in total. The van der Waals surface area contributed by atoms with Gasteiger partial charge in [0.1, 0.15) is 0 Å². The molecule has 4 heteroatoms. The van der Waals surface area contributed by atoms with E-state index in [1.165, 1.54) is 0 Å². The minimum Gasteiger partial charge on any atom is -0.388 e. The number of hydrogen-bond donors (Lipinski definition) is 2. The summed E-state index contributed by atoms with van der Waals surface area (Å²) in [6.07, 6.45) is 3.69. The molecular weight excluding hydrogens is 224 g/mol. The first-order valence-electron chi connectivity index (χ1n) is 6.66. The van der Waals surface area contributed by atoms with Gasteiger partial charge in [-0.3, -0.25) is 0 Å². The monoisotopic (exact) mass is 247 g/mol. The quantitative estimate of drug-likeness (QED) is 0.700. The van der Waals surface area contributed by atoms with Gasteiger partial charge in [0, 0.05) is 12.8 Å². The second-order valence-electron chi connectivity index (χ2n) is 6.26. The molecule has 2 aliphatic carbocycles. The van der Waals surface area contributed by atoms with Crippen LogP contribution in [0.1, 0.15) is 58.3 Å². The average molecular weight is 247 g/mol. The molecule has 0 bridgehead atoms. The van der Waals surface area contributed by atoms with Crippen molar-refractivity contribution in [1.29, 1.82) is 0 Å². The molecule has 0 heterocycles. The van der Waals surface area contributed by atoms with E-state index in [1.807, 2.05) is 0 Å². The van der Waals surface area contributed by atoms with Crippen molar-refractivity contribution in [2.24, 2.45) is 11.7 Å². The summed E-state index contributed by atoms with van der Waals surface area (Å²) in [7, 11) is 0. The van der Waals surface area contributed by atoms with Crippen molar-refractivity contribution in [2.75, 3.05) is 0 Å². The Balaban J connectivity index is 2.14. The maximum absolute atomic E-state index is 13.4. The van der Waals surface area contributed by atoms with Crippen LogP contribution in [0, 0.1) is 5.92 Å². The second kappa shape index (κ2) is 4.16. The Hall–Kier alpha value is -0.220. The molecule has 2 rings (SSSR count). The molecule has 0 radical (unpaired) electrons. The summed E-state index contributed by atoms with van der Waals surface area (Å²) < 4.78 is 26.7. The molecule has 0 aromatic heterocycles. The molecule has 17 heavy (non-hydrogen) atoms. The fourth-order valence-corrected chi connectivity index (χ4v) is 3.44. The predicted octanol–water partition coefficient (Wildman–Crippen LogP) is 2.83. The van der Waals surface area contributed by atoms with Crippen molar-refractivity contribution in [3.63, 3.8) is 0 Å². The van der Waals surface area contributed by atoms with Crippen molar-refractivity contribution in [3.8, 4) is 0 Å². The fourth-order valence-electron chi connectivity index (χ4n) is 3.44. The van der Waals surface area contributed by atoms with Crippen LogP contribution in [-0.4, -0.2) is 22.2 Å². The average Bonchev–Trinajstić information content (AvgIpc) is 2.40. The van der Waals surface area contributed by atoms with Crippen LogP contribution in [0.15, 0.2) is 0 Å². The van der Waals surface area contributed by atoms with Gasteiger partial charge in [0.05, 0.1) is 11.1 Å². The predicted molar refractivity (Wildman–Crippen MR) is 62.9 cm³/mol. The van der Waals surface area contributed by atoms with Gasteiger partial charge in [-0.15, -0.1) is 0 Å². The number of rotatable bonds is 1. The lowest BCUT2D eigenvalue weighted by Crippen LogP contribution is -2.59. The Morgan fingerprint density at radius 1 is 1.12 bits per heavy atom. The SMILES string of the molecule is CC1CCCC(O)(C2(N)CCC(F)(F)C2)CC1. The van der Waals surface area contributed by atoms with Crippen LogP contribution in [0.4, 0.5) is 8.78 Å². The maximum Gasteiger partial charge on any atom is 0.250 e. The fraction of sp³-hybridized carbons (Fsp3) is 1.00. The van der Waals surface area contributed by atoms with Gasteiger partial charge in [-0.1, -0.05) is 19.8 Å². The minimum absolute atomic E-state index is 0.179. The summed E-state index contributed by atoms with van der Waals surface area (Å²) in [5.74, 6) is -2.13. The normalized spacial score (nSPS) is 46.8. The number of halogens is 2. The van der Waals surface area contributed by atoms with Gasteiger partial charge < -0.3 is 10.8 Å². The smallest absolute Gasteiger partial charge is 0.250 e.